The number of pyridine rings is 1. The summed E-state index contributed by atoms with van der Waals surface area (Å²) in [5.41, 5.74) is 2.21. The van der Waals surface area contributed by atoms with Gasteiger partial charge in [0.25, 0.3) is 5.91 Å². The number of anilines is 1. The van der Waals surface area contributed by atoms with Crippen LogP contribution in [0.2, 0.25) is 0 Å². The molecule has 0 bridgehead atoms. The minimum Gasteiger partial charge on any atom is -0.493 e. The monoisotopic (exact) mass is 481 g/mol. The lowest BCUT2D eigenvalue weighted by atomic mass is 10.1. The number of nitrogens with zero attached hydrogens (tertiary/aromatic N) is 5. The summed E-state index contributed by atoms with van der Waals surface area (Å²) in [6.07, 6.45) is 5.37. The number of benzene rings is 1. The number of hydrogen-bond acceptors (Lipinski definition) is 9. The van der Waals surface area contributed by atoms with Gasteiger partial charge in [0.05, 0.1) is 32.6 Å². The minimum absolute atomic E-state index is 0.00388. The van der Waals surface area contributed by atoms with Crippen molar-refractivity contribution in [1.82, 2.24) is 19.9 Å². The van der Waals surface area contributed by atoms with Crippen LogP contribution in [0.4, 0.5) is 5.95 Å². The fourth-order valence-corrected chi connectivity index (χ4v) is 4.43. The topological polar surface area (TPSA) is 89.9 Å². The van der Waals surface area contributed by atoms with E-state index in [9.17, 15) is 4.79 Å². The van der Waals surface area contributed by atoms with Gasteiger partial charge in [-0.05, 0) is 36.6 Å². The summed E-state index contributed by atoms with van der Waals surface area (Å²) in [4.78, 5) is 30.5. The number of ether oxygens (including phenoxy) is 3. The van der Waals surface area contributed by atoms with Gasteiger partial charge in [-0.3, -0.25) is 4.79 Å². The number of amides is 1. The van der Waals surface area contributed by atoms with E-state index in [2.05, 4.69) is 14.9 Å². The first-order chi connectivity index (χ1) is 16.6. The van der Waals surface area contributed by atoms with Crippen LogP contribution < -0.4 is 19.1 Å². The standard InChI is InChI=1S/C24H27N5O4S/c1-31-19-14-16(15-20(32-2)21(19)33-3)18-7-9-26-24(27-18)29-12-10-28(11-13-29)23(30)17-6-5-8-25-22(17)34-4/h5-9,14-15H,10-13H2,1-4H3. The zero-order chi connectivity index (χ0) is 24.1. The van der Waals surface area contributed by atoms with Crippen molar-refractivity contribution < 1.29 is 19.0 Å². The minimum atomic E-state index is 0.00388. The molecule has 0 radical (unpaired) electrons. The molecule has 10 heteroatoms. The summed E-state index contributed by atoms with van der Waals surface area (Å²) in [6.45, 7) is 2.44. The zero-order valence-electron chi connectivity index (χ0n) is 19.6. The van der Waals surface area contributed by atoms with E-state index in [1.54, 1.807) is 39.8 Å². The molecule has 2 aromatic heterocycles. The third kappa shape index (κ3) is 4.72. The summed E-state index contributed by atoms with van der Waals surface area (Å²) >= 11 is 1.48. The third-order valence-corrected chi connectivity index (χ3v) is 6.36. The molecule has 1 saturated heterocycles. The SMILES string of the molecule is COc1cc(-c2ccnc(N3CCN(C(=O)c4cccnc4SC)CC3)n2)cc(OC)c1OC. The van der Waals surface area contributed by atoms with Crippen LogP contribution in [0, 0.1) is 0 Å². The molecular formula is C24H27N5O4S. The lowest BCUT2D eigenvalue weighted by Gasteiger charge is -2.35. The van der Waals surface area contributed by atoms with Crippen LogP contribution in [0.15, 0.2) is 47.8 Å². The van der Waals surface area contributed by atoms with E-state index in [-0.39, 0.29) is 5.91 Å². The van der Waals surface area contributed by atoms with E-state index in [1.165, 1.54) is 11.8 Å². The average Bonchev–Trinajstić information content (AvgIpc) is 2.91. The van der Waals surface area contributed by atoms with Crippen LogP contribution in [0.25, 0.3) is 11.3 Å². The van der Waals surface area contributed by atoms with Gasteiger partial charge in [0.15, 0.2) is 11.5 Å². The molecule has 0 saturated carbocycles. The second-order valence-corrected chi connectivity index (χ2v) is 8.29. The van der Waals surface area contributed by atoms with Gasteiger partial charge in [0.2, 0.25) is 11.7 Å². The molecule has 3 heterocycles. The van der Waals surface area contributed by atoms with Crippen LogP contribution in [0.3, 0.4) is 0 Å². The first-order valence-corrected chi connectivity index (χ1v) is 12.0. The van der Waals surface area contributed by atoms with E-state index in [0.717, 1.165) is 16.3 Å². The number of carbonyl (C=O) groups is 1. The van der Waals surface area contributed by atoms with Crippen molar-refractivity contribution in [2.24, 2.45) is 0 Å². The van der Waals surface area contributed by atoms with Crippen molar-refractivity contribution >= 4 is 23.6 Å². The summed E-state index contributed by atoms with van der Waals surface area (Å²) in [5.74, 6) is 2.27. The first kappa shape index (κ1) is 23.6. The fourth-order valence-electron chi connectivity index (χ4n) is 3.89. The summed E-state index contributed by atoms with van der Waals surface area (Å²) < 4.78 is 16.4. The molecule has 0 atom stereocenters. The Kier molecular flexibility index (Phi) is 7.36. The zero-order valence-corrected chi connectivity index (χ0v) is 20.5. The fraction of sp³-hybridized carbons (Fsp3) is 0.333. The van der Waals surface area contributed by atoms with Gasteiger partial charge < -0.3 is 24.0 Å². The molecule has 1 fully saturated rings. The number of aromatic nitrogens is 3. The number of piperazine rings is 1. The molecule has 0 spiro atoms. The molecule has 34 heavy (non-hydrogen) atoms. The molecule has 0 aliphatic carbocycles. The van der Waals surface area contributed by atoms with Crippen molar-refractivity contribution in [3.63, 3.8) is 0 Å². The average molecular weight is 482 g/mol. The van der Waals surface area contributed by atoms with Crippen molar-refractivity contribution in [1.29, 1.82) is 0 Å². The second kappa shape index (κ2) is 10.6. The predicted octanol–water partition coefficient (Wildman–Crippen LogP) is 3.25. The van der Waals surface area contributed by atoms with Gasteiger partial charge in [0.1, 0.15) is 5.03 Å². The lowest BCUT2D eigenvalue weighted by Crippen LogP contribution is -2.49. The summed E-state index contributed by atoms with van der Waals surface area (Å²) in [6, 6.07) is 9.20. The number of methoxy groups -OCH3 is 3. The van der Waals surface area contributed by atoms with E-state index in [1.807, 2.05) is 35.4 Å². The van der Waals surface area contributed by atoms with Crippen LogP contribution in [0.1, 0.15) is 10.4 Å². The molecule has 0 N–H and O–H groups in total. The molecule has 0 unspecified atom stereocenters. The van der Waals surface area contributed by atoms with Crippen molar-refractivity contribution in [3.8, 4) is 28.5 Å². The van der Waals surface area contributed by atoms with Gasteiger partial charge in [-0.25, -0.2) is 15.0 Å². The van der Waals surface area contributed by atoms with Crippen LogP contribution in [-0.2, 0) is 0 Å². The maximum atomic E-state index is 13.0. The van der Waals surface area contributed by atoms with Crippen LogP contribution >= 0.6 is 11.8 Å². The Morgan fingerprint density at radius 1 is 0.941 bits per heavy atom. The Bertz CT molecular complexity index is 1140. The summed E-state index contributed by atoms with van der Waals surface area (Å²) in [7, 11) is 4.74. The van der Waals surface area contributed by atoms with E-state index < -0.39 is 0 Å². The molecule has 1 amide bonds. The molecule has 1 aromatic carbocycles. The second-order valence-electron chi connectivity index (χ2n) is 7.50. The third-order valence-electron chi connectivity index (χ3n) is 5.65. The van der Waals surface area contributed by atoms with Crippen molar-refractivity contribution in [3.05, 3.63) is 48.3 Å². The van der Waals surface area contributed by atoms with E-state index in [0.29, 0.717) is 54.9 Å². The lowest BCUT2D eigenvalue weighted by molar-refractivity contribution is 0.0742. The molecular weight excluding hydrogens is 454 g/mol. The Morgan fingerprint density at radius 2 is 1.65 bits per heavy atom. The van der Waals surface area contributed by atoms with E-state index >= 15 is 0 Å². The van der Waals surface area contributed by atoms with Crippen LogP contribution in [-0.4, -0.2) is 79.5 Å². The van der Waals surface area contributed by atoms with Gasteiger partial charge in [-0.1, -0.05) is 0 Å². The highest BCUT2D eigenvalue weighted by Crippen LogP contribution is 2.40. The van der Waals surface area contributed by atoms with Gasteiger partial charge in [0, 0.05) is 44.1 Å². The van der Waals surface area contributed by atoms with Crippen molar-refractivity contribution in [2.45, 2.75) is 5.03 Å². The predicted molar refractivity (Wildman–Crippen MR) is 131 cm³/mol. The Hall–Kier alpha value is -3.53. The van der Waals surface area contributed by atoms with Gasteiger partial charge >= 0.3 is 0 Å². The Labute approximate surface area is 203 Å². The Morgan fingerprint density at radius 3 is 2.26 bits per heavy atom. The summed E-state index contributed by atoms with van der Waals surface area (Å²) in [5, 5.41) is 0.747. The number of rotatable bonds is 7. The van der Waals surface area contributed by atoms with Gasteiger partial charge in [-0.15, -0.1) is 11.8 Å². The quantitative estimate of drug-likeness (QED) is 0.472. The van der Waals surface area contributed by atoms with Gasteiger partial charge in [-0.2, -0.15) is 0 Å². The molecule has 1 aliphatic heterocycles. The Balaban J connectivity index is 1.51. The molecule has 9 nitrogen and oxygen atoms in total. The molecule has 3 aromatic rings. The first-order valence-electron chi connectivity index (χ1n) is 10.8. The van der Waals surface area contributed by atoms with Crippen molar-refractivity contribution in [2.75, 3.05) is 58.7 Å². The van der Waals surface area contributed by atoms with E-state index in [4.69, 9.17) is 19.2 Å². The molecule has 178 valence electrons. The number of hydrogen-bond donors (Lipinski definition) is 0. The largest absolute Gasteiger partial charge is 0.493 e. The maximum absolute atomic E-state index is 13.0. The normalized spacial score (nSPS) is 13.5. The maximum Gasteiger partial charge on any atom is 0.256 e. The number of carbonyl (C=O) groups excluding carboxylic acids is 1. The van der Waals surface area contributed by atoms with Crippen LogP contribution in [0.5, 0.6) is 17.2 Å². The number of thioether (sulfide) groups is 1. The highest BCUT2D eigenvalue weighted by Gasteiger charge is 2.25. The highest BCUT2D eigenvalue weighted by atomic mass is 32.2. The molecule has 1 aliphatic rings. The smallest absolute Gasteiger partial charge is 0.256 e. The highest BCUT2D eigenvalue weighted by molar-refractivity contribution is 7.98. The molecule has 4 rings (SSSR count).